The minimum atomic E-state index is -0.896. The molecule has 1 rings (SSSR count). The number of nitrogens with one attached hydrogen (secondary N) is 1. The Labute approximate surface area is 103 Å². The van der Waals surface area contributed by atoms with E-state index >= 15 is 0 Å². The predicted octanol–water partition coefficient (Wildman–Crippen LogP) is 0.516. The van der Waals surface area contributed by atoms with Gasteiger partial charge in [0.15, 0.2) is 0 Å². The Hall–Kier alpha value is -1.12. The molecule has 1 fully saturated rings. The van der Waals surface area contributed by atoms with Crippen LogP contribution in [0.2, 0.25) is 0 Å². The summed E-state index contributed by atoms with van der Waals surface area (Å²) in [4.78, 5) is 14.2. The van der Waals surface area contributed by atoms with E-state index in [1.165, 1.54) is 7.11 Å². The zero-order valence-corrected chi connectivity index (χ0v) is 11.0. The number of amides is 1. The molecule has 0 radical (unpaired) electrons. The molecule has 0 bridgehead atoms. The molecule has 0 aromatic heterocycles. The van der Waals surface area contributed by atoms with E-state index in [-0.39, 0.29) is 5.91 Å². The smallest absolute Gasteiger partial charge is 0.252 e. The van der Waals surface area contributed by atoms with Gasteiger partial charge in [0.05, 0.1) is 6.07 Å². The molecule has 0 aromatic rings. The number of carbonyl (C=O) groups is 1. The number of hydrogen-bond acceptors (Lipinski definition) is 4. The van der Waals surface area contributed by atoms with Crippen molar-refractivity contribution in [1.29, 1.82) is 5.26 Å². The largest absolute Gasteiger partial charge is 0.369 e. The lowest BCUT2D eigenvalue weighted by atomic mass is 9.88. The van der Waals surface area contributed by atoms with Gasteiger partial charge in [-0.05, 0) is 33.7 Å². The highest BCUT2D eigenvalue weighted by Crippen LogP contribution is 2.22. The fraction of sp³-hybridized carbons (Fsp3) is 0.833. The second-order valence-electron chi connectivity index (χ2n) is 5.17. The van der Waals surface area contributed by atoms with Crippen molar-refractivity contribution in [3.63, 3.8) is 0 Å². The summed E-state index contributed by atoms with van der Waals surface area (Å²) in [6.45, 7) is 5.03. The summed E-state index contributed by atoms with van der Waals surface area (Å²) in [6, 6.07) is 2.25. The van der Waals surface area contributed by atoms with Gasteiger partial charge in [0.2, 0.25) is 0 Å². The van der Waals surface area contributed by atoms with Crippen LogP contribution in [0.5, 0.6) is 0 Å². The first-order valence-electron chi connectivity index (χ1n) is 5.83. The standard InChI is InChI=1S/C12H21N3O2/c1-11(2,17-4)10(16)14-12(9-13)5-7-15(3)8-6-12/h5-8H2,1-4H3,(H,14,16). The molecule has 1 aliphatic heterocycles. The molecule has 0 saturated carbocycles. The second kappa shape index (κ2) is 5.03. The van der Waals surface area contributed by atoms with Crippen LogP contribution in [-0.4, -0.2) is 49.2 Å². The number of ether oxygens (including phenoxy) is 1. The lowest BCUT2D eigenvalue weighted by Crippen LogP contribution is -2.58. The maximum atomic E-state index is 12.0. The third kappa shape index (κ3) is 3.18. The van der Waals surface area contributed by atoms with Crippen LogP contribution < -0.4 is 5.32 Å². The fourth-order valence-corrected chi connectivity index (χ4v) is 1.73. The van der Waals surface area contributed by atoms with Crippen LogP contribution in [0.1, 0.15) is 26.7 Å². The summed E-state index contributed by atoms with van der Waals surface area (Å²) in [7, 11) is 3.51. The number of rotatable bonds is 3. The number of methoxy groups -OCH3 is 1. The molecule has 0 unspecified atom stereocenters. The maximum Gasteiger partial charge on any atom is 0.252 e. The lowest BCUT2D eigenvalue weighted by Gasteiger charge is -2.37. The Morgan fingerprint density at radius 1 is 1.47 bits per heavy atom. The quantitative estimate of drug-likeness (QED) is 0.779. The minimum Gasteiger partial charge on any atom is -0.369 e. The fourth-order valence-electron chi connectivity index (χ4n) is 1.73. The average Bonchev–Trinajstić information content (AvgIpc) is 2.32. The van der Waals surface area contributed by atoms with Crippen molar-refractivity contribution in [3.05, 3.63) is 0 Å². The second-order valence-corrected chi connectivity index (χ2v) is 5.17. The number of nitriles is 1. The van der Waals surface area contributed by atoms with E-state index in [2.05, 4.69) is 16.3 Å². The normalized spacial score (nSPS) is 20.6. The van der Waals surface area contributed by atoms with Gasteiger partial charge in [0.25, 0.3) is 5.91 Å². The van der Waals surface area contributed by atoms with Crippen molar-refractivity contribution in [1.82, 2.24) is 10.2 Å². The Morgan fingerprint density at radius 3 is 2.41 bits per heavy atom. The first-order valence-corrected chi connectivity index (χ1v) is 5.83. The zero-order chi connectivity index (χ0) is 13.1. The van der Waals surface area contributed by atoms with Crippen molar-refractivity contribution in [3.8, 4) is 6.07 Å². The molecule has 5 heteroatoms. The topological polar surface area (TPSA) is 65.4 Å². The van der Waals surface area contributed by atoms with E-state index in [0.717, 1.165) is 13.1 Å². The van der Waals surface area contributed by atoms with Crippen LogP contribution in [0.4, 0.5) is 0 Å². The van der Waals surface area contributed by atoms with Gasteiger partial charge in [-0.3, -0.25) is 4.79 Å². The first kappa shape index (κ1) is 13.9. The highest BCUT2D eigenvalue weighted by atomic mass is 16.5. The van der Waals surface area contributed by atoms with Crippen LogP contribution >= 0.6 is 0 Å². The van der Waals surface area contributed by atoms with Gasteiger partial charge in [0, 0.05) is 20.2 Å². The van der Waals surface area contributed by atoms with Crippen molar-refractivity contribution in [2.24, 2.45) is 0 Å². The molecule has 1 saturated heterocycles. The van der Waals surface area contributed by atoms with E-state index in [4.69, 9.17) is 4.74 Å². The number of carbonyl (C=O) groups excluding carboxylic acids is 1. The Kier molecular flexibility index (Phi) is 4.12. The molecule has 17 heavy (non-hydrogen) atoms. The van der Waals surface area contributed by atoms with E-state index in [1.807, 2.05) is 7.05 Å². The zero-order valence-electron chi connectivity index (χ0n) is 11.0. The monoisotopic (exact) mass is 239 g/mol. The van der Waals surface area contributed by atoms with Crippen molar-refractivity contribution in [2.75, 3.05) is 27.2 Å². The minimum absolute atomic E-state index is 0.230. The van der Waals surface area contributed by atoms with Crippen molar-refractivity contribution < 1.29 is 9.53 Å². The molecule has 5 nitrogen and oxygen atoms in total. The van der Waals surface area contributed by atoms with E-state index < -0.39 is 11.1 Å². The molecular formula is C12H21N3O2. The van der Waals surface area contributed by atoms with E-state index in [1.54, 1.807) is 13.8 Å². The third-order valence-corrected chi connectivity index (χ3v) is 3.46. The number of hydrogen-bond donors (Lipinski definition) is 1. The molecule has 96 valence electrons. The predicted molar refractivity (Wildman–Crippen MR) is 64.3 cm³/mol. The van der Waals surface area contributed by atoms with Crippen LogP contribution in [0.3, 0.4) is 0 Å². The number of piperidine rings is 1. The van der Waals surface area contributed by atoms with Crippen LogP contribution in [-0.2, 0) is 9.53 Å². The SMILES string of the molecule is COC(C)(C)C(=O)NC1(C#N)CCN(C)CC1. The Morgan fingerprint density at radius 2 is 2.00 bits per heavy atom. The molecule has 0 atom stereocenters. The van der Waals surface area contributed by atoms with Gasteiger partial charge in [-0.1, -0.05) is 0 Å². The molecule has 1 amide bonds. The summed E-state index contributed by atoms with van der Waals surface area (Å²) in [5.41, 5.74) is -1.63. The summed E-state index contributed by atoms with van der Waals surface area (Å²) >= 11 is 0. The molecule has 1 heterocycles. The van der Waals surface area contributed by atoms with Crippen LogP contribution in [0.15, 0.2) is 0 Å². The summed E-state index contributed by atoms with van der Waals surface area (Å²) < 4.78 is 5.12. The third-order valence-electron chi connectivity index (χ3n) is 3.46. The molecular weight excluding hydrogens is 218 g/mol. The van der Waals surface area contributed by atoms with Crippen LogP contribution in [0.25, 0.3) is 0 Å². The maximum absolute atomic E-state index is 12.0. The summed E-state index contributed by atoms with van der Waals surface area (Å²) in [6.07, 6.45) is 1.32. The highest BCUT2D eigenvalue weighted by molar-refractivity contribution is 5.85. The van der Waals surface area contributed by atoms with Crippen molar-refractivity contribution in [2.45, 2.75) is 37.8 Å². The molecule has 1 N–H and O–H groups in total. The first-order chi connectivity index (χ1) is 7.85. The van der Waals surface area contributed by atoms with Gasteiger partial charge in [-0.2, -0.15) is 5.26 Å². The molecule has 0 aliphatic carbocycles. The molecule has 1 aliphatic rings. The summed E-state index contributed by atoms with van der Waals surface area (Å²) in [5, 5.41) is 12.1. The van der Waals surface area contributed by atoms with Crippen LogP contribution in [0, 0.1) is 11.3 Å². The highest BCUT2D eigenvalue weighted by Gasteiger charge is 2.39. The average molecular weight is 239 g/mol. The van der Waals surface area contributed by atoms with Gasteiger partial charge < -0.3 is 15.0 Å². The van der Waals surface area contributed by atoms with Gasteiger partial charge >= 0.3 is 0 Å². The Bertz CT molecular complexity index is 325. The Balaban J connectivity index is 2.71. The van der Waals surface area contributed by atoms with E-state index in [9.17, 15) is 10.1 Å². The lowest BCUT2D eigenvalue weighted by molar-refractivity contribution is -0.141. The van der Waals surface area contributed by atoms with Gasteiger partial charge in [-0.25, -0.2) is 0 Å². The van der Waals surface area contributed by atoms with Gasteiger partial charge in [0.1, 0.15) is 11.1 Å². The molecule has 0 aromatic carbocycles. The van der Waals surface area contributed by atoms with Gasteiger partial charge in [-0.15, -0.1) is 0 Å². The van der Waals surface area contributed by atoms with Crippen molar-refractivity contribution >= 4 is 5.91 Å². The summed E-state index contributed by atoms with van der Waals surface area (Å²) in [5.74, 6) is -0.230. The number of likely N-dealkylation sites (tertiary alicyclic amines) is 1. The van der Waals surface area contributed by atoms with E-state index in [0.29, 0.717) is 12.8 Å². The molecule has 0 spiro atoms. The number of nitrogens with zero attached hydrogens (tertiary/aromatic N) is 2.